The Bertz CT molecular complexity index is 1380. The molecule has 1 amide bonds. The summed E-state index contributed by atoms with van der Waals surface area (Å²) in [6.07, 6.45) is 3.17. The summed E-state index contributed by atoms with van der Waals surface area (Å²) in [6, 6.07) is 11.6. The molecule has 4 rings (SSSR count). The van der Waals surface area contributed by atoms with E-state index in [4.69, 9.17) is 17.0 Å². The quantitative estimate of drug-likeness (QED) is 0.313. The number of hydrogen-bond acceptors (Lipinski definition) is 8. The van der Waals surface area contributed by atoms with E-state index in [0.717, 1.165) is 12.0 Å². The Morgan fingerprint density at radius 1 is 1.30 bits per heavy atom. The van der Waals surface area contributed by atoms with Crippen LogP contribution in [0.1, 0.15) is 42.0 Å². The predicted octanol–water partition coefficient (Wildman–Crippen LogP) is 3.75. The molecule has 192 valence electrons. The Morgan fingerprint density at radius 2 is 2.03 bits per heavy atom. The second-order valence-electron chi connectivity index (χ2n) is 9.00. The number of amides is 1. The molecule has 0 N–H and O–H groups in total. The van der Waals surface area contributed by atoms with Crippen molar-refractivity contribution in [3.63, 3.8) is 0 Å². The van der Waals surface area contributed by atoms with Crippen molar-refractivity contribution in [2.24, 2.45) is 13.0 Å². The van der Waals surface area contributed by atoms with E-state index in [0.29, 0.717) is 58.8 Å². The number of aromatic nitrogens is 1. The van der Waals surface area contributed by atoms with Gasteiger partial charge in [-0.3, -0.25) is 23.9 Å². The summed E-state index contributed by atoms with van der Waals surface area (Å²) in [5.41, 5.74) is 1.66. The number of pyridine rings is 1. The van der Waals surface area contributed by atoms with Crippen LogP contribution < -0.4 is 10.5 Å². The Morgan fingerprint density at radius 3 is 2.70 bits per heavy atom. The number of carbonyl (C=O) groups excluding carboxylic acids is 2. The molecule has 0 radical (unpaired) electrons. The highest BCUT2D eigenvalue weighted by Crippen LogP contribution is 2.37. The summed E-state index contributed by atoms with van der Waals surface area (Å²) < 4.78 is 7.14. The minimum absolute atomic E-state index is 0.0243. The summed E-state index contributed by atoms with van der Waals surface area (Å²) in [5, 5.41) is 9.72. The molecule has 1 aromatic carbocycles. The van der Waals surface area contributed by atoms with Crippen LogP contribution in [0, 0.1) is 24.2 Å². The molecule has 0 aliphatic carbocycles. The molecule has 0 saturated carbocycles. The van der Waals surface area contributed by atoms with E-state index in [9.17, 15) is 19.6 Å². The summed E-state index contributed by atoms with van der Waals surface area (Å²) in [7, 11) is 1.61. The molecule has 1 aromatic heterocycles. The van der Waals surface area contributed by atoms with Crippen LogP contribution >= 0.6 is 24.0 Å². The number of carbonyl (C=O) groups is 2. The number of piperidine rings is 1. The highest BCUT2D eigenvalue weighted by molar-refractivity contribution is 8.26. The average Bonchev–Trinajstić information content (AvgIpc) is 3.16. The van der Waals surface area contributed by atoms with Gasteiger partial charge in [0.15, 0.2) is 0 Å². The number of esters is 1. The smallest absolute Gasteiger partial charge is 0.310 e. The zero-order valence-electron chi connectivity index (χ0n) is 21.0. The SMILES string of the molecule is CCOC(=O)C1CCCN(c2c(/C=C3/SC(=S)N(Cc4ccccc4)C3=O)c(C)c(C#N)c(=O)n2C)C1. The van der Waals surface area contributed by atoms with Crippen LogP contribution in [0.25, 0.3) is 6.08 Å². The zero-order valence-corrected chi connectivity index (χ0v) is 22.7. The highest BCUT2D eigenvalue weighted by atomic mass is 32.2. The number of rotatable bonds is 6. The molecule has 2 saturated heterocycles. The number of thioether (sulfide) groups is 1. The highest BCUT2D eigenvalue weighted by Gasteiger charge is 2.34. The lowest BCUT2D eigenvalue weighted by atomic mass is 9.96. The number of anilines is 1. The van der Waals surface area contributed by atoms with Crippen LogP contribution in [-0.2, 0) is 27.9 Å². The van der Waals surface area contributed by atoms with Crippen LogP contribution in [-0.4, -0.2) is 45.4 Å². The molecule has 2 aliphatic rings. The van der Waals surface area contributed by atoms with Gasteiger partial charge in [0.2, 0.25) is 0 Å². The van der Waals surface area contributed by atoms with Crippen LogP contribution in [0.3, 0.4) is 0 Å². The lowest BCUT2D eigenvalue weighted by molar-refractivity contribution is -0.148. The van der Waals surface area contributed by atoms with Crippen molar-refractivity contribution in [3.8, 4) is 6.07 Å². The van der Waals surface area contributed by atoms with E-state index >= 15 is 0 Å². The maximum absolute atomic E-state index is 13.4. The maximum atomic E-state index is 13.4. The molecular formula is C27H28N4O4S2. The standard InChI is InChI=1S/C27H28N4O4S2/c1-4-35-26(34)19-11-8-12-30(16-19)23-20(17(2)21(14-28)24(32)29(23)3)13-22-25(33)31(27(36)37-22)15-18-9-6-5-7-10-18/h5-7,9-10,13,19H,4,8,11-12,15-16H2,1-3H3/b22-13+. The van der Waals surface area contributed by atoms with Crippen LogP contribution in [0.4, 0.5) is 5.82 Å². The third-order valence-corrected chi connectivity index (χ3v) is 8.02. The largest absolute Gasteiger partial charge is 0.466 e. The fraction of sp³-hybridized carbons (Fsp3) is 0.370. The second-order valence-corrected chi connectivity index (χ2v) is 10.7. The fourth-order valence-corrected chi connectivity index (χ4v) is 5.99. The average molecular weight is 537 g/mol. The van der Waals surface area contributed by atoms with Gasteiger partial charge in [-0.15, -0.1) is 0 Å². The molecule has 1 atom stereocenters. The first-order valence-electron chi connectivity index (χ1n) is 12.1. The van der Waals surface area contributed by atoms with Gasteiger partial charge in [-0.25, -0.2) is 0 Å². The maximum Gasteiger partial charge on any atom is 0.310 e. The van der Waals surface area contributed by atoms with Crippen LogP contribution in [0.15, 0.2) is 40.0 Å². The van der Waals surface area contributed by atoms with Gasteiger partial charge in [-0.1, -0.05) is 54.3 Å². The van der Waals surface area contributed by atoms with E-state index in [-0.39, 0.29) is 23.4 Å². The number of nitriles is 1. The minimum atomic E-state index is -0.415. The molecule has 2 aliphatic heterocycles. The first-order chi connectivity index (χ1) is 17.8. The number of benzene rings is 1. The Kier molecular flexibility index (Phi) is 8.15. The van der Waals surface area contributed by atoms with Gasteiger partial charge in [0.25, 0.3) is 11.5 Å². The number of ether oxygens (including phenoxy) is 1. The van der Waals surface area contributed by atoms with E-state index in [1.165, 1.54) is 16.3 Å². The number of thiocarbonyl (C=S) groups is 1. The van der Waals surface area contributed by atoms with Gasteiger partial charge in [0.05, 0.1) is 24.0 Å². The van der Waals surface area contributed by atoms with Crippen molar-refractivity contribution in [3.05, 3.63) is 67.8 Å². The minimum Gasteiger partial charge on any atom is -0.466 e. The number of hydrogen-bond donors (Lipinski definition) is 0. The molecule has 2 aromatic rings. The van der Waals surface area contributed by atoms with Crippen molar-refractivity contribution >= 4 is 52.1 Å². The Balaban J connectivity index is 1.76. The molecule has 0 bridgehead atoms. The Labute approximate surface area is 225 Å². The van der Waals surface area contributed by atoms with E-state index < -0.39 is 5.56 Å². The first kappa shape index (κ1) is 26.6. The van der Waals surface area contributed by atoms with Gasteiger partial charge < -0.3 is 9.64 Å². The molecule has 8 nitrogen and oxygen atoms in total. The van der Waals surface area contributed by atoms with Gasteiger partial charge in [-0.05, 0) is 43.9 Å². The van der Waals surface area contributed by atoms with Crippen LogP contribution in [0.2, 0.25) is 0 Å². The van der Waals surface area contributed by atoms with Gasteiger partial charge in [0, 0.05) is 25.7 Å². The summed E-state index contributed by atoms with van der Waals surface area (Å²) >= 11 is 6.72. The monoisotopic (exact) mass is 536 g/mol. The number of nitrogens with zero attached hydrogens (tertiary/aromatic N) is 4. The van der Waals surface area contributed by atoms with Crippen molar-refractivity contribution in [2.45, 2.75) is 33.2 Å². The lowest BCUT2D eigenvalue weighted by Crippen LogP contribution is -2.42. The Hall–Kier alpha value is -3.42. The van der Waals surface area contributed by atoms with Crippen molar-refractivity contribution in [2.75, 3.05) is 24.6 Å². The molecule has 3 heterocycles. The van der Waals surface area contributed by atoms with Crippen molar-refractivity contribution in [1.29, 1.82) is 5.26 Å². The van der Waals surface area contributed by atoms with Crippen molar-refractivity contribution in [1.82, 2.24) is 9.47 Å². The summed E-state index contributed by atoms with van der Waals surface area (Å²) in [4.78, 5) is 42.9. The van der Waals surface area contributed by atoms with E-state index in [2.05, 4.69) is 0 Å². The molecule has 2 fully saturated rings. The molecule has 1 unspecified atom stereocenters. The van der Waals surface area contributed by atoms with Crippen LogP contribution in [0.5, 0.6) is 0 Å². The van der Waals surface area contributed by atoms with E-state index in [1.54, 1.807) is 31.9 Å². The molecule has 10 heteroatoms. The van der Waals surface area contributed by atoms with Gasteiger partial charge in [-0.2, -0.15) is 5.26 Å². The third kappa shape index (κ3) is 5.33. The third-order valence-electron chi connectivity index (χ3n) is 6.64. The normalized spacial score (nSPS) is 18.9. The fourth-order valence-electron chi connectivity index (χ4n) is 4.75. The van der Waals surface area contributed by atoms with Gasteiger partial charge >= 0.3 is 5.97 Å². The molecule has 37 heavy (non-hydrogen) atoms. The summed E-state index contributed by atoms with van der Waals surface area (Å²) in [5.74, 6) is -0.231. The topological polar surface area (TPSA) is 95.6 Å². The van der Waals surface area contributed by atoms with E-state index in [1.807, 2.05) is 41.3 Å². The zero-order chi connectivity index (χ0) is 26.7. The predicted molar refractivity (Wildman–Crippen MR) is 148 cm³/mol. The molecular weight excluding hydrogens is 508 g/mol. The summed E-state index contributed by atoms with van der Waals surface area (Å²) in [6.45, 7) is 5.17. The van der Waals surface area contributed by atoms with Gasteiger partial charge in [0.1, 0.15) is 21.8 Å². The molecule has 0 spiro atoms. The van der Waals surface area contributed by atoms with Crippen molar-refractivity contribution < 1.29 is 14.3 Å². The lowest BCUT2D eigenvalue weighted by Gasteiger charge is -2.35. The second kappa shape index (κ2) is 11.3. The first-order valence-corrected chi connectivity index (χ1v) is 13.3.